The van der Waals surface area contributed by atoms with Gasteiger partial charge in [-0.1, -0.05) is 18.7 Å². The number of anilines is 1. The predicted octanol–water partition coefficient (Wildman–Crippen LogP) is 4.04. The molecule has 0 aliphatic heterocycles. The van der Waals surface area contributed by atoms with Gasteiger partial charge < -0.3 is 4.42 Å². The van der Waals surface area contributed by atoms with Crippen molar-refractivity contribution in [3.8, 4) is 0 Å². The van der Waals surface area contributed by atoms with Crippen LogP contribution in [0.2, 0.25) is 0 Å². The lowest BCUT2D eigenvalue weighted by molar-refractivity contribution is 0.527. The smallest absolute Gasteiger partial charge is 0.408 e. The number of sulfonamides is 1. The average Bonchev–Trinajstić information content (AvgIpc) is 3.19. The number of nitrogens with one attached hydrogen (secondary N) is 1. The highest BCUT2D eigenvalue weighted by molar-refractivity contribution is 8.01. The third-order valence-corrected chi connectivity index (χ3v) is 7.87. The summed E-state index contributed by atoms with van der Waals surface area (Å²) in [5.74, 6) is 0.460. The van der Waals surface area contributed by atoms with E-state index in [4.69, 9.17) is 4.42 Å². The van der Waals surface area contributed by atoms with Gasteiger partial charge in [-0.2, -0.15) is 0 Å². The van der Waals surface area contributed by atoms with Gasteiger partial charge in [0.1, 0.15) is 0 Å². The van der Waals surface area contributed by atoms with Gasteiger partial charge in [-0.15, -0.1) is 11.3 Å². The minimum Gasteiger partial charge on any atom is -0.408 e. The van der Waals surface area contributed by atoms with Gasteiger partial charge in [0, 0.05) is 18.9 Å². The van der Waals surface area contributed by atoms with Crippen LogP contribution in [0, 0.1) is 0 Å². The van der Waals surface area contributed by atoms with Gasteiger partial charge in [0.15, 0.2) is 9.92 Å². The van der Waals surface area contributed by atoms with Gasteiger partial charge in [-0.25, -0.2) is 18.2 Å². The Morgan fingerprint density at radius 1 is 1.25 bits per heavy atom. The van der Waals surface area contributed by atoms with Crippen LogP contribution in [-0.2, 0) is 17.1 Å². The number of fused-ring (bicyclic) bond motifs is 2. The highest BCUT2D eigenvalue weighted by Gasteiger charge is 2.18. The number of hydrogen-bond donors (Lipinski definition) is 1. The Balaban J connectivity index is 1.64. The number of rotatable bonds is 6. The van der Waals surface area contributed by atoms with Crippen molar-refractivity contribution in [2.45, 2.75) is 22.6 Å². The molecule has 10 heteroatoms. The fourth-order valence-corrected chi connectivity index (χ4v) is 5.81. The van der Waals surface area contributed by atoms with Crippen LogP contribution in [-0.4, -0.2) is 23.7 Å². The number of thioether (sulfide) groups is 1. The molecule has 2 aromatic carbocycles. The Morgan fingerprint density at radius 2 is 2.07 bits per heavy atom. The van der Waals surface area contributed by atoms with Crippen molar-refractivity contribution in [3.05, 3.63) is 46.9 Å². The molecular weight excluding hydrogens is 418 g/mol. The summed E-state index contributed by atoms with van der Waals surface area (Å²) in [4.78, 5) is 16.2. The Bertz CT molecular complexity index is 1340. The fraction of sp³-hybridized carbons (Fsp3) is 0.222. The van der Waals surface area contributed by atoms with E-state index in [1.165, 1.54) is 16.7 Å². The standard InChI is InChI=1S/C18H17N3O4S3/c1-3-8-26-17-19-13-6-4-11(9-16(13)27-17)20-28(23,24)12-5-7-14-15(10-12)25-18(22)21(14)2/h4-7,9-10,20H,3,8H2,1-2H3. The van der Waals surface area contributed by atoms with Crippen molar-refractivity contribution in [2.75, 3.05) is 10.5 Å². The molecule has 0 amide bonds. The first-order chi connectivity index (χ1) is 13.4. The molecule has 0 aliphatic rings. The lowest BCUT2D eigenvalue weighted by Crippen LogP contribution is -2.12. The van der Waals surface area contributed by atoms with E-state index in [0.717, 1.165) is 26.7 Å². The molecule has 0 aliphatic carbocycles. The second-order valence-electron chi connectivity index (χ2n) is 6.17. The number of nitrogens with zero attached hydrogens (tertiary/aromatic N) is 2. The molecule has 0 unspecified atom stereocenters. The maximum absolute atomic E-state index is 12.8. The second kappa shape index (κ2) is 7.26. The minimum atomic E-state index is -3.83. The molecule has 4 rings (SSSR count). The van der Waals surface area contributed by atoms with Crippen LogP contribution < -0.4 is 10.5 Å². The zero-order valence-electron chi connectivity index (χ0n) is 15.1. The Labute approximate surface area is 169 Å². The Hall–Kier alpha value is -2.30. The van der Waals surface area contributed by atoms with Crippen molar-refractivity contribution < 1.29 is 12.8 Å². The summed E-state index contributed by atoms with van der Waals surface area (Å²) in [5, 5.41) is 0. The number of oxazole rings is 1. The van der Waals surface area contributed by atoms with Gasteiger partial charge >= 0.3 is 5.76 Å². The van der Waals surface area contributed by atoms with E-state index in [1.54, 1.807) is 54.4 Å². The molecule has 28 heavy (non-hydrogen) atoms. The number of aromatic nitrogens is 2. The summed E-state index contributed by atoms with van der Waals surface area (Å²) in [6, 6.07) is 9.63. The van der Waals surface area contributed by atoms with Crippen LogP contribution in [0.15, 0.2) is 54.8 Å². The Morgan fingerprint density at radius 3 is 2.86 bits per heavy atom. The lowest BCUT2D eigenvalue weighted by atomic mass is 10.3. The lowest BCUT2D eigenvalue weighted by Gasteiger charge is -2.08. The number of benzene rings is 2. The maximum atomic E-state index is 12.8. The zero-order valence-corrected chi connectivity index (χ0v) is 17.6. The molecule has 7 nitrogen and oxygen atoms in total. The van der Waals surface area contributed by atoms with Crippen LogP contribution in [0.1, 0.15) is 13.3 Å². The second-order valence-corrected chi connectivity index (χ2v) is 10.2. The van der Waals surface area contributed by atoms with Gasteiger partial charge in [-0.3, -0.25) is 9.29 Å². The first-order valence-electron chi connectivity index (χ1n) is 8.53. The monoisotopic (exact) mass is 435 g/mol. The minimum absolute atomic E-state index is 0.0259. The summed E-state index contributed by atoms with van der Waals surface area (Å²) in [6.45, 7) is 2.12. The van der Waals surface area contributed by atoms with Crippen LogP contribution in [0.4, 0.5) is 5.69 Å². The molecule has 2 heterocycles. The SMILES string of the molecule is CCCSc1nc2ccc(NS(=O)(=O)c3ccc4c(c3)oc(=O)n4C)cc2s1. The number of hydrogen-bond acceptors (Lipinski definition) is 7. The average molecular weight is 436 g/mol. The third kappa shape index (κ3) is 3.54. The molecule has 4 aromatic rings. The molecule has 0 bridgehead atoms. The van der Waals surface area contributed by atoms with Crippen molar-refractivity contribution in [3.63, 3.8) is 0 Å². The van der Waals surface area contributed by atoms with Crippen LogP contribution in [0.25, 0.3) is 21.3 Å². The van der Waals surface area contributed by atoms with E-state index in [9.17, 15) is 13.2 Å². The molecule has 146 valence electrons. The summed E-state index contributed by atoms with van der Waals surface area (Å²) in [7, 11) is -2.26. The predicted molar refractivity (Wildman–Crippen MR) is 113 cm³/mol. The van der Waals surface area contributed by atoms with Crippen molar-refractivity contribution >= 4 is 60.1 Å². The number of aryl methyl sites for hydroxylation is 1. The first kappa shape index (κ1) is 19.0. The molecule has 1 N–H and O–H groups in total. The highest BCUT2D eigenvalue weighted by Crippen LogP contribution is 2.32. The van der Waals surface area contributed by atoms with Crippen molar-refractivity contribution in [1.29, 1.82) is 0 Å². The zero-order chi connectivity index (χ0) is 19.9. The Kier molecular flexibility index (Phi) is 4.94. The molecule has 0 radical (unpaired) electrons. The third-order valence-electron chi connectivity index (χ3n) is 4.12. The largest absolute Gasteiger partial charge is 0.419 e. The van der Waals surface area contributed by atoms with Gasteiger partial charge in [0.25, 0.3) is 10.0 Å². The van der Waals surface area contributed by atoms with Gasteiger partial charge in [0.2, 0.25) is 0 Å². The molecule has 0 fully saturated rings. The molecule has 0 saturated carbocycles. The van der Waals surface area contributed by atoms with Crippen molar-refractivity contribution in [2.24, 2.45) is 7.05 Å². The van der Waals surface area contributed by atoms with Crippen LogP contribution >= 0.6 is 23.1 Å². The van der Waals surface area contributed by atoms with Crippen molar-refractivity contribution in [1.82, 2.24) is 9.55 Å². The van der Waals surface area contributed by atoms with Gasteiger partial charge in [0.05, 0.1) is 26.3 Å². The van der Waals surface area contributed by atoms with Crippen LogP contribution in [0.3, 0.4) is 0 Å². The topological polar surface area (TPSA) is 94.2 Å². The molecule has 0 spiro atoms. The summed E-state index contributed by atoms with van der Waals surface area (Å²) < 4.78 is 36.4. The molecule has 2 aromatic heterocycles. The summed E-state index contributed by atoms with van der Waals surface area (Å²) in [5.41, 5.74) is 2.06. The summed E-state index contributed by atoms with van der Waals surface area (Å²) in [6.07, 6.45) is 1.07. The normalized spacial score (nSPS) is 12.1. The quantitative estimate of drug-likeness (QED) is 0.459. The van der Waals surface area contributed by atoms with E-state index in [-0.39, 0.29) is 10.5 Å². The van der Waals surface area contributed by atoms with Gasteiger partial charge in [-0.05, 0) is 36.8 Å². The highest BCUT2D eigenvalue weighted by atomic mass is 32.2. The van der Waals surface area contributed by atoms with E-state index in [0.29, 0.717) is 11.2 Å². The fourth-order valence-electron chi connectivity index (χ4n) is 2.71. The van der Waals surface area contributed by atoms with E-state index in [2.05, 4.69) is 16.6 Å². The van der Waals surface area contributed by atoms with E-state index < -0.39 is 15.8 Å². The van der Waals surface area contributed by atoms with Crippen LogP contribution in [0.5, 0.6) is 0 Å². The van der Waals surface area contributed by atoms with E-state index >= 15 is 0 Å². The number of thiazole rings is 1. The maximum Gasteiger partial charge on any atom is 0.419 e. The summed E-state index contributed by atoms with van der Waals surface area (Å²) >= 11 is 3.24. The molecule has 0 atom stereocenters. The first-order valence-corrected chi connectivity index (χ1v) is 11.8. The molecular formula is C18H17N3O4S3. The molecule has 0 saturated heterocycles. The van der Waals surface area contributed by atoms with E-state index in [1.807, 2.05) is 0 Å².